The third kappa shape index (κ3) is 3.38. The van der Waals surface area contributed by atoms with Gasteiger partial charge >= 0.3 is 5.97 Å². The molecule has 0 aliphatic heterocycles. The quantitative estimate of drug-likeness (QED) is 0.485. The monoisotopic (exact) mass is 443 g/mol. The highest BCUT2D eigenvalue weighted by Crippen LogP contribution is 2.30. The molecule has 3 N–H and O–H groups in total. The molecule has 0 atom stereocenters. The number of carboxylic acids is 1. The second kappa shape index (κ2) is 7.43. The van der Waals surface area contributed by atoms with Crippen molar-refractivity contribution in [1.29, 1.82) is 0 Å². The molecular weight excluding hydrogens is 430 g/mol. The Kier molecular flexibility index (Phi) is 4.92. The summed E-state index contributed by atoms with van der Waals surface area (Å²) in [7, 11) is 0. The van der Waals surface area contributed by atoms with E-state index in [0.717, 1.165) is 11.3 Å². The van der Waals surface area contributed by atoms with E-state index < -0.39 is 11.9 Å². The van der Waals surface area contributed by atoms with Crippen LogP contribution in [0.5, 0.6) is 0 Å². The van der Waals surface area contributed by atoms with E-state index >= 15 is 0 Å². The number of nitrogens with two attached hydrogens (primary N) is 1. The predicted molar refractivity (Wildman–Crippen MR) is 112 cm³/mol. The number of furan rings is 1. The Bertz CT molecular complexity index is 1370. The molecule has 1 aromatic carbocycles. The van der Waals surface area contributed by atoms with Crippen LogP contribution < -0.4 is 11.3 Å². The van der Waals surface area contributed by atoms with Crippen LogP contribution >= 0.6 is 22.9 Å². The summed E-state index contributed by atoms with van der Waals surface area (Å²) in [5.74, 6) is -1.47. The largest absolute Gasteiger partial charge is 0.475 e. The number of benzene rings is 1. The van der Waals surface area contributed by atoms with Gasteiger partial charge in [0.2, 0.25) is 5.76 Å². The minimum atomic E-state index is -1.21. The Hall–Kier alpha value is -3.43. The molecule has 1 amide bonds. The summed E-state index contributed by atoms with van der Waals surface area (Å²) >= 11 is 7.03. The smallest absolute Gasteiger partial charge is 0.371 e. The van der Waals surface area contributed by atoms with Crippen molar-refractivity contribution in [2.45, 2.75) is 13.5 Å². The van der Waals surface area contributed by atoms with E-state index in [1.807, 2.05) is 0 Å². The van der Waals surface area contributed by atoms with Gasteiger partial charge in [0.15, 0.2) is 0 Å². The highest BCUT2D eigenvalue weighted by Gasteiger charge is 2.22. The average molecular weight is 444 g/mol. The molecule has 30 heavy (non-hydrogen) atoms. The lowest BCUT2D eigenvalue weighted by Gasteiger charge is -2.12. The number of carboxylic acid groups (broad SMARTS) is 1. The van der Waals surface area contributed by atoms with Gasteiger partial charge in [0.05, 0.1) is 16.8 Å². The van der Waals surface area contributed by atoms with Gasteiger partial charge in [-0.15, -0.1) is 11.3 Å². The van der Waals surface area contributed by atoms with Crippen LogP contribution in [0.3, 0.4) is 0 Å². The second-order valence-electron chi connectivity index (χ2n) is 6.51. The van der Waals surface area contributed by atoms with Crippen molar-refractivity contribution in [2.75, 3.05) is 0 Å². The molecule has 0 aliphatic rings. The van der Waals surface area contributed by atoms with E-state index in [1.54, 1.807) is 31.2 Å². The molecule has 3 heterocycles. The van der Waals surface area contributed by atoms with Crippen molar-refractivity contribution >= 4 is 45.0 Å². The molecule has 0 bridgehead atoms. The minimum absolute atomic E-state index is 0.0474. The number of aromatic nitrogens is 2. The van der Waals surface area contributed by atoms with E-state index in [9.17, 15) is 14.4 Å². The fraction of sp³-hybridized carbons (Fsp3) is 0.100. The summed E-state index contributed by atoms with van der Waals surface area (Å²) in [5.41, 5.74) is 6.13. The molecule has 0 radical (unpaired) electrons. The number of amides is 1. The molecule has 0 aliphatic carbocycles. The number of aromatic carboxylic acids is 1. The maximum Gasteiger partial charge on any atom is 0.371 e. The molecule has 4 aromatic rings. The van der Waals surface area contributed by atoms with Crippen LogP contribution in [0.4, 0.5) is 0 Å². The van der Waals surface area contributed by atoms with Crippen molar-refractivity contribution in [1.82, 2.24) is 9.55 Å². The first kappa shape index (κ1) is 19.9. The molecule has 0 fully saturated rings. The van der Waals surface area contributed by atoms with Crippen LogP contribution in [-0.2, 0) is 6.54 Å². The Morgan fingerprint density at radius 2 is 1.93 bits per heavy atom. The molecule has 0 saturated carbocycles. The Morgan fingerprint density at radius 3 is 2.53 bits per heavy atom. The SMILES string of the molecule is Cc1c(C(N)=O)sc2nc(-c3ccc(Cl)cc3)n(Cc3ccc(C(=O)O)o3)c(=O)c12. The summed E-state index contributed by atoms with van der Waals surface area (Å²) in [4.78, 5) is 41.5. The zero-order valence-corrected chi connectivity index (χ0v) is 17.1. The minimum Gasteiger partial charge on any atom is -0.475 e. The lowest BCUT2D eigenvalue weighted by molar-refractivity contribution is 0.0660. The number of rotatable bonds is 5. The normalized spacial score (nSPS) is 11.1. The molecule has 4 rings (SSSR count). The van der Waals surface area contributed by atoms with Crippen molar-refractivity contribution in [3.05, 3.63) is 73.7 Å². The lowest BCUT2D eigenvalue weighted by atomic mass is 10.1. The molecule has 8 nitrogen and oxygen atoms in total. The molecule has 0 saturated heterocycles. The van der Waals surface area contributed by atoms with Gasteiger partial charge in [-0.1, -0.05) is 11.6 Å². The number of thiophene rings is 1. The van der Waals surface area contributed by atoms with E-state index in [1.165, 1.54) is 16.7 Å². The van der Waals surface area contributed by atoms with Gasteiger partial charge in [0, 0.05) is 10.6 Å². The summed E-state index contributed by atoms with van der Waals surface area (Å²) in [5, 5.41) is 9.89. The van der Waals surface area contributed by atoms with Gasteiger partial charge in [0.25, 0.3) is 11.5 Å². The molecular formula is C20H14ClN3O5S. The highest BCUT2D eigenvalue weighted by atomic mass is 35.5. The molecule has 152 valence electrons. The summed E-state index contributed by atoms with van der Waals surface area (Å²) in [6, 6.07) is 9.57. The van der Waals surface area contributed by atoms with Crippen LogP contribution in [0, 0.1) is 6.92 Å². The van der Waals surface area contributed by atoms with Gasteiger partial charge in [-0.3, -0.25) is 14.2 Å². The Labute approximate surface area is 178 Å². The number of fused-ring (bicyclic) bond motifs is 1. The van der Waals surface area contributed by atoms with Gasteiger partial charge in [-0.25, -0.2) is 9.78 Å². The van der Waals surface area contributed by atoms with Gasteiger partial charge in [-0.05, 0) is 48.9 Å². The van der Waals surface area contributed by atoms with Crippen molar-refractivity contribution in [3.63, 3.8) is 0 Å². The van der Waals surface area contributed by atoms with E-state index in [0.29, 0.717) is 26.8 Å². The first-order valence-corrected chi connectivity index (χ1v) is 9.87. The average Bonchev–Trinajstić information content (AvgIpc) is 3.29. The maximum absolute atomic E-state index is 13.4. The number of carbonyl (C=O) groups excluding carboxylic acids is 1. The van der Waals surface area contributed by atoms with Gasteiger partial charge < -0.3 is 15.3 Å². The number of aryl methyl sites for hydroxylation is 1. The fourth-order valence-corrected chi connectivity index (χ4v) is 4.30. The predicted octanol–water partition coefficient (Wildman–Crippen LogP) is 3.53. The fourth-order valence-electron chi connectivity index (χ4n) is 3.15. The van der Waals surface area contributed by atoms with E-state index in [-0.39, 0.29) is 33.9 Å². The van der Waals surface area contributed by atoms with Crippen molar-refractivity contribution < 1.29 is 19.1 Å². The van der Waals surface area contributed by atoms with Crippen LogP contribution in [0.1, 0.15) is 31.6 Å². The number of carbonyl (C=O) groups is 2. The standard InChI is InChI=1S/C20H14ClN3O5S/c1-9-14-18(30-15(9)16(22)25)23-17(10-2-4-11(21)5-3-10)24(19(14)26)8-12-6-7-13(29-12)20(27)28/h2-7H,8H2,1H3,(H2,22,25)(H,27,28). The first-order valence-electron chi connectivity index (χ1n) is 8.68. The highest BCUT2D eigenvalue weighted by molar-refractivity contribution is 7.20. The van der Waals surface area contributed by atoms with E-state index in [2.05, 4.69) is 4.98 Å². The third-order valence-electron chi connectivity index (χ3n) is 4.56. The zero-order chi connectivity index (χ0) is 21.6. The molecule has 0 spiro atoms. The van der Waals surface area contributed by atoms with E-state index in [4.69, 9.17) is 26.9 Å². The van der Waals surface area contributed by atoms with Crippen LogP contribution in [0.15, 0.2) is 45.6 Å². The first-order chi connectivity index (χ1) is 14.3. The molecule has 0 unspecified atom stereocenters. The topological polar surface area (TPSA) is 128 Å². The van der Waals surface area contributed by atoms with Crippen LogP contribution in [0.2, 0.25) is 5.02 Å². The molecule has 3 aromatic heterocycles. The van der Waals surface area contributed by atoms with Crippen LogP contribution in [-0.4, -0.2) is 26.5 Å². The summed E-state index contributed by atoms with van der Waals surface area (Å²) < 4.78 is 6.70. The number of hydrogen-bond donors (Lipinski definition) is 2. The number of halogens is 1. The number of hydrogen-bond acceptors (Lipinski definition) is 6. The maximum atomic E-state index is 13.4. The van der Waals surface area contributed by atoms with Gasteiger partial charge in [0.1, 0.15) is 16.4 Å². The Morgan fingerprint density at radius 1 is 1.23 bits per heavy atom. The van der Waals surface area contributed by atoms with Gasteiger partial charge in [-0.2, -0.15) is 0 Å². The summed E-state index contributed by atoms with van der Waals surface area (Å²) in [6.45, 7) is 1.60. The number of primary amides is 1. The number of nitrogens with zero attached hydrogens (tertiary/aromatic N) is 2. The molecule has 10 heteroatoms. The lowest BCUT2D eigenvalue weighted by Crippen LogP contribution is -2.24. The zero-order valence-electron chi connectivity index (χ0n) is 15.5. The second-order valence-corrected chi connectivity index (χ2v) is 7.94. The summed E-state index contributed by atoms with van der Waals surface area (Å²) in [6.07, 6.45) is 0. The Balaban J connectivity index is 1.97. The van der Waals surface area contributed by atoms with Crippen LogP contribution in [0.25, 0.3) is 21.6 Å². The third-order valence-corrected chi connectivity index (χ3v) is 6.02. The van der Waals surface area contributed by atoms with Crippen molar-refractivity contribution in [3.8, 4) is 11.4 Å². The van der Waals surface area contributed by atoms with Crippen molar-refractivity contribution in [2.24, 2.45) is 5.73 Å².